The first-order valence-electron chi connectivity index (χ1n) is 4.01. The van der Waals surface area contributed by atoms with Crippen LogP contribution in [-0.2, 0) is 0 Å². The summed E-state index contributed by atoms with van der Waals surface area (Å²) in [6, 6.07) is 0.626. The molecular formula is C7H16N2S2. The van der Waals surface area contributed by atoms with Gasteiger partial charge in [-0.2, -0.15) is 0 Å². The molecule has 4 heteroatoms. The molecule has 0 saturated carbocycles. The van der Waals surface area contributed by atoms with E-state index in [0.29, 0.717) is 6.04 Å². The summed E-state index contributed by atoms with van der Waals surface area (Å²) < 4.78 is 0. The first kappa shape index (κ1) is 9.71. The zero-order valence-corrected chi connectivity index (χ0v) is 8.59. The molecule has 0 spiro atoms. The molecule has 1 aliphatic rings. The van der Waals surface area contributed by atoms with E-state index in [1.807, 2.05) is 26.6 Å². The normalized spacial score (nSPS) is 27.3. The average molecular weight is 192 g/mol. The summed E-state index contributed by atoms with van der Waals surface area (Å²) >= 11 is 0. The van der Waals surface area contributed by atoms with E-state index in [-0.39, 0.29) is 0 Å². The van der Waals surface area contributed by atoms with Crippen molar-refractivity contribution in [1.29, 1.82) is 0 Å². The highest BCUT2D eigenvalue weighted by Gasteiger charge is 2.18. The SMILES string of the molecule is CSSCC1CCCCN1N. The van der Waals surface area contributed by atoms with Crippen LogP contribution < -0.4 is 5.84 Å². The van der Waals surface area contributed by atoms with Crippen molar-refractivity contribution in [1.82, 2.24) is 5.01 Å². The third-order valence-electron chi connectivity index (χ3n) is 2.05. The number of hydrazine groups is 1. The number of nitrogens with zero attached hydrogens (tertiary/aromatic N) is 1. The van der Waals surface area contributed by atoms with Crippen LogP contribution in [0.5, 0.6) is 0 Å². The van der Waals surface area contributed by atoms with Crippen LogP contribution in [0, 0.1) is 0 Å². The fraction of sp³-hybridized carbons (Fsp3) is 1.00. The molecule has 11 heavy (non-hydrogen) atoms. The lowest BCUT2D eigenvalue weighted by Gasteiger charge is -2.31. The van der Waals surface area contributed by atoms with Crippen molar-refractivity contribution in [3.8, 4) is 0 Å². The maximum atomic E-state index is 5.83. The van der Waals surface area contributed by atoms with Gasteiger partial charge >= 0.3 is 0 Å². The van der Waals surface area contributed by atoms with Gasteiger partial charge in [0.1, 0.15) is 0 Å². The smallest absolute Gasteiger partial charge is 0.0340 e. The molecule has 1 rings (SSSR count). The zero-order valence-electron chi connectivity index (χ0n) is 6.95. The van der Waals surface area contributed by atoms with E-state index in [4.69, 9.17) is 5.84 Å². The maximum absolute atomic E-state index is 5.83. The minimum atomic E-state index is 0.626. The van der Waals surface area contributed by atoms with Gasteiger partial charge in [-0.1, -0.05) is 28.0 Å². The summed E-state index contributed by atoms with van der Waals surface area (Å²) in [4.78, 5) is 0. The van der Waals surface area contributed by atoms with E-state index >= 15 is 0 Å². The molecule has 2 nitrogen and oxygen atoms in total. The number of piperidine rings is 1. The Balaban J connectivity index is 2.18. The van der Waals surface area contributed by atoms with Crippen LogP contribution in [0.4, 0.5) is 0 Å². The van der Waals surface area contributed by atoms with Gasteiger partial charge in [0.05, 0.1) is 0 Å². The Kier molecular flexibility index (Phi) is 4.67. The van der Waals surface area contributed by atoms with E-state index in [9.17, 15) is 0 Å². The summed E-state index contributed by atoms with van der Waals surface area (Å²) in [6.07, 6.45) is 6.03. The van der Waals surface area contributed by atoms with Gasteiger partial charge in [0.15, 0.2) is 0 Å². The van der Waals surface area contributed by atoms with Gasteiger partial charge < -0.3 is 0 Å². The summed E-state index contributed by atoms with van der Waals surface area (Å²) in [6.45, 7) is 1.08. The Morgan fingerprint density at radius 1 is 1.55 bits per heavy atom. The number of nitrogens with two attached hydrogens (primary N) is 1. The van der Waals surface area contributed by atoms with E-state index in [2.05, 4.69) is 6.26 Å². The molecular weight excluding hydrogens is 176 g/mol. The standard InChI is InChI=1S/C7H16N2S2/c1-10-11-6-7-4-2-3-5-9(7)8/h7H,2-6,8H2,1H3. The fourth-order valence-electron chi connectivity index (χ4n) is 1.35. The predicted octanol–water partition coefficient (Wildman–Crippen LogP) is 1.73. The molecule has 1 atom stereocenters. The van der Waals surface area contributed by atoms with Gasteiger partial charge in [-0.25, -0.2) is 5.01 Å². The molecule has 0 aromatic rings. The Morgan fingerprint density at radius 2 is 2.36 bits per heavy atom. The van der Waals surface area contributed by atoms with Crippen LogP contribution in [0.1, 0.15) is 19.3 Å². The Bertz CT molecular complexity index is 111. The van der Waals surface area contributed by atoms with Crippen molar-refractivity contribution in [2.75, 3.05) is 18.6 Å². The first-order valence-corrected chi connectivity index (χ1v) is 6.74. The predicted molar refractivity (Wildman–Crippen MR) is 54.5 cm³/mol. The van der Waals surface area contributed by atoms with Crippen LogP contribution >= 0.6 is 21.6 Å². The lowest BCUT2D eigenvalue weighted by atomic mass is 10.1. The van der Waals surface area contributed by atoms with Crippen LogP contribution in [0.15, 0.2) is 0 Å². The average Bonchev–Trinajstić information content (AvgIpc) is 2.03. The van der Waals surface area contributed by atoms with Crippen LogP contribution in [0.2, 0.25) is 0 Å². The molecule has 1 aliphatic heterocycles. The van der Waals surface area contributed by atoms with Gasteiger partial charge in [-0.3, -0.25) is 5.84 Å². The lowest BCUT2D eigenvalue weighted by Crippen LogP contribution is -2.45. The molecule has 0 radical (unpaired) electrons. The van der Waals surface area contributed by atoms with Gasteiger partial charge in [0.2, 0.25) is 0 Å². The van der Waals surface area contributed by atoms with Gasteiger partial charge in [-0.05, 0) is 19.1 Å². The Labute approximate surface area is 76.6 Å². The second kappa shape index (κ2) is 5.30. The quantitative estimate of drug-likeness (QED) is 0.545. The highest BCUT2D eigenvalue weighted by Crippen LogP contribution is 2.23. The molecule has 1 unspecified atom stereocenters. The van der Waals surface area contributed by atoms with Crippen molar-refractivity contribution < 1.29 is 0 Å². The minimum Gasteiger partial charge on any atom is -0.269 e. The van der Waals surface area contributed by atoms with Crippen LogP contribution in [-0.4, -0.2) is 29.6 Å². The Hall–Kier alpha value is 0.620. The van der Waals surface area contributed by atoms with E-state index in [0.717, 1.165) is 6.54 Å². The molecule has 1 heterocycles. The monoisotopic (exact) mass is 192 g/mol. The van der Waals surface area contributed by atoms with Crippen molar-refractivity contribution in [2.45, 2.75) is 25.3 Å². The molecule has 66 valence electrons. The first-order chi connectivity index (χ1) is 5.34. The molecule has 0 aromatic heterocycles. The summed E-state index contributed by atoms with van der Waals surface area (Å²) in [5.74, 6) is 7.01. The van der Waals surface area contributed by atoms with E-state index in [1.54, 1.807) is 0 Å². The van der Waals surface area contributed by atoms with Gasteiger partial charge in [0, 0.05) is 18.3 Å². The molecule has 1 fully saturated rings. The molecule has 2 N–H and O–H groups in total. The zero-order chi connectivity index (χ0) is 8.10. The molecule has 0 aliphatic carbocycles. The lowest BCUT2D eigenvalue weighted by molar-refractivity contribution is 0.167. The van der Waals surface area contributed by atoms with Crippen LogP contribution in [0.25, 0.3) is 0 Å². The summed E-state index contributed by atoms with van der Waals surface area (Å²) in [5, 5.41) is 2.01. The van der Waals surface area contributed by atoms with E-state index in [1.165, 1.54) is 25.0 Å². The highest BCUT2D eigenvalue weighted by atomic mass is 33.1. The maximum Gasteiger partial charge on any atom is 0.0340 e. The Morgan fingerprint density at radius 3 is 3.00 bits per heavy atom. The van der Waals surface area contributed by atoms with Crippen molar-refractivity contribution in [3.63, 3.8) is 0 Å². The fourth-order valence-corrected chi connectivity index (χ4v) is 2.88. The van der Waals surface area contributed by atoms with E-state index < -0.39 is 0 Å². The van der Waals surface area contributed by atoms with Crippen molar-refractivity contribution in [3.05, 3.63) is 0 Å². The molecule has 1 saturated heterocycles. The van der Waals surface area contributed by atoms with Gasteiger partial charge in [-0.15, -0.1) is 0 Å². The third-order valence-corrected chi connectivity index (χ3v) is 3.92. The molecule has 0 amide bonds. The highest BCUT2D eigenvalue weighted by molar-refractivity contribution is 8.76. The summed E-state index contributed by atoms with van der Waals surface area (Å²) in [7, 11) is 3.75. The summed E-state index contributed by atoms with van der Waals surface area (Å²) in [5.41, 5.74) is 0. The largest absolute Gasteiger partial charge is 0.269 e. The number of rotatable bonds is 3. The van der Waals surface area contributed by atoms with Crippen molar-refractivity contribution >= 4 is 21.6 Å². The molecule has 0 bridgehead atoms. The van der Waals surface area contributed by atoms with Crippen molar-refractivity contribution in [2.24, 2.45) is 5.84 Å². The minimum absolute atomic E-state index is 0.626. The number of hydrogen-bond donors (Lipinski definition) is 1. The second-order valence-electron chi connectivity index (χ2n) is 2.84. The topological polar surface area (TPSA) is 29.3 Å². The molecule has 0 aromatic carbocycles. The van der Waals surface area contributed by atoms with Crippen LogP contribution in [0.3, 0.4) is 0 Å². The number of hydrogen-bond acceptors (Lipinski definition) is 4. The van der Waals surface area contributed by atoms with Gasteiger partial charge in [0.25, 0.3) is 0 Å². The third kappa shape index (κ3) is 3.23. The second-order valence-corrected chi connectivity index (χ2v) is 5.45.